The van der Waals surface area contributed by atoms with Gasteiger partial charge in [-0.3, -0.25) is 0 Å². The molecule has 5 N–H and O–H groups in total. The monoisotopic (exact) mass is 380 g/mol. The van der Waals surface area contributed by atoms with Gasteiger partial charge in [0.25, 0.3) is 0 Å². The Bertz CT molecular complexity index is 973. The molecule has 0 aromatic heterocycles. The first-order chi connectivity index (χ1) is 13.2. The number of hydrogen-bond acceptors (Lipinski definition) is 5. The topological polar surface area (TPSA) is 101 Å². The Morgan fingerprint density at radius 2 is 0.857 bits per heavy atom. The zero-order valence-corrected chi connectivity index (χ0v) is 16.1. The summed E-state index contributed by atoms with van der Waals surface area (Å²) in [5.74, 6) is -0.563. The first-order valence-electron chi connectivity index (χ1n) is 9.00. The standard InChI is InChI=1S/C23H24O5/c1-12-4-17(8-15-10-21(26)19(24)6-13(15)2)23(28)18(5-12)9-16-11-22(27)20(25)7-14(16)3/h4-7,10-11,24-28H,8-9H2,1-3H3. The largest absolute Gasteiger partial charge is 0.507 e. The predicted octanol–water partition coefficient (Wildman–Crippen LogP) is 4.32. The fourth-order valence-electron chi connectivity index (χ4n) is 3.44. The Morgan fingerprint density at radius 3 is 1.25 bits per heavy atom. The summed E-state index contributed by atoms with van der Waals surface area (Å²) in [7, 11) is 0. The number of aromatic hydroxyl groups is 5. The third kappa shape index (κ3) is 3.83. The molecule has 0 saturated carbocycles. The van der Waals surface area contributed by atoms with Crippen LogP contribution in [0.3, 0.4) is 0 Å². The third-order valence-corrected chi connectivity index (χ3v) is 5.04. The van der Waals surface area contributed by atoms with Gasteiger partial charge in [-0.1, -0.05) is 17.7 Å². The molecule has 3 aromatic carbocycles. The maximum atomic E-state index is 10.8. The van der Waals surface area contributed by atoms with Crippen LogP contribution in [0.5, 0.6) is 28.7 Å². The number of aryl methyl sites for hydroxylation is 3. The van der Waals surface area contributed by atoms with Crippen molar-refractivity contribution in [3.8, 4) is 28.7 Å². The van der Waals surface area contributed by atoms with Gasteiger partial charge in [-0.2, -0.15) is 0 Å². The molecule has 0 aliphatic carbocycles. The van der Waals surface area contributed by atoms with Crippen LogP contribution in [0.4, 0.5) is 0 Å². The van der Waals surface area contributed by atoms with Gasteiger partial charge in [-0.25, -0.2) is 0 Å². The van der Waals surface area contributed by atoms with E-state index in [-0.39, 0.29) is 28.7 Å². The van der Waals surface area contributed by atoms with Gasteiger partial charge in [0.05, 0.1) is 0 Å². The maximum Gasteiger partial charge on any atom is 0.157 e. The highest BCUT2D eigenvalue weighted by atomic mass is 16.3. The van der Waals surface area contributed by atoms with Crippen LogP contribution in [0.25, 0.3) is 0 Å². The second kappa shape index (κ2) is 7.35. The lowest BCUT2D eigenvalue weighted by Crippen LogP contribution is -1.99. The van der Waals surface area contributed by atoms with E-state index in [1.807, 2.05) is 32.9 Å². The van der Waals surface area contributed by atoms with Gasteiger partial charge in [0, 0.05) is 12.8 Å². The molecule has 3 rings (SSSR count). The van der Waals surface area contributed by atoms with Gasteiger partial charge in [-0.15, -0.1) is 0 Å². The Labute approximate surface area is 163 Å². The minimum atomic E-state index is -0.192. The molecule has 0 saturated heterocycles. The van der Waals surface area contributed by atoms with E-state index in [1.54, 1.807) is 0 Å². The van der Waals surface area contributed by atoms with Crippen LogP contribution < -0.4 is 0 Å². The highest BCUT2D eigenvalue weighted by Gasteiger charge is 2.15. The average molecular weight is 380 g/mol. The van der Waals surface area contributed by atoms with Crippen molar-refractivity contribution in [1.29, 1.82) is 0 Å². The minimum absolute atomic E-state index is 0.157. The van der Waals surface area contributed by atoms with E-state index in [0.717, 1.165) is 27.8 Å². The summed E-state index contributed by atoms with van der Waals surface area (Å²) in [6, 6.07) is 9.80. The molecule has 0 bridgehead atoms. The highest BCUT2D eigenvalue weighted by molar-refractivity contribution is 5.53. The van der Waals surface area contributed by atoms with Crippen LogP contribution >= 0.6 is 0 Å². The van der Waals surface area contributed by atoms with Gasteiger partial charge < -0.3 is 25.5 Å². The Balaban J connectivity index is 1.99. The van der Waals surface area contributed by atoms with Crippen molar-refractivity contribution in [2.24, 2.45) is 0 Å². The SMILES string of the molecule is Cc1cc(Cc2cc(O)c(O)cc2C)c(O)c(Cc2cc(O)c(O)cc2C)c1. The first kappa shape index (κ1) is 19.4. The summed E-state index contributed by atoms with van der Waals surface area (Å²) >= 11 is 0. The molecule has 5 nitrogen and oxygen atoms in total. The summed E-state index contributed by atoms with van der Waals surface area (Å²) in [5, 5.41) is 49.7. The molecular weight excluding hydrogens is 356 g/mol. The van der Waals surface area contributed by atoms with Gasteiger partial charge in [0.1, 0.15) is 5.75 Å². The molecule has 0 fully saturated rings. The number of phenolic OH excluding ortho intramolecular Hbond substituents is 5. The van der Waals surface area contributed by atoms with Gasteiger partial charge >= 0.3 is 0 Å². The zero-order chi connectivity index (χ0) is 20.6. The van der Waals surface area contributed by atoms with E-state index in [4.69, 9.17) is 0 Å². The van der Waals surface area contributed by atoms with Gasteiger partial charge in [0.15, 0.2) is 23.0 Å². The fraction of sp³-hybridized carbons (Fsp3) is 0.217. The second-order valence-corrected chi connectivity index (χ2v) is 7.32. The summed E-state index contributed by atoms with van der Waals surface area (Å²) < 4.78 is 0. The van der Waals surface area contributed by atoms with Crippen LogP contribution in [0.15, 0.2) is 36.4 Å². The van der Waals surface area contributed by atoms with Crippen molar-refractivity contribution in [2.75, 3.05) is 0 Å². The minimum Gasteiger partial charge on any atom is -0.507 e. The smallest absolute Gasteiger partial charge is 0.157 e. The van der Waals surface area contributed by atoms with Crippen LogP contribution in [0, 0.1) is 20.8 Å². The number of rotatable bonds is 4. The predicted molar refractivity (Wildman–Crippen MR) is 107 cm³/mol. The van der Waals surface area contributed by atoms with Crippen LogP contribution in [0.2, 0.25) is 0 Å². The molecule has 0 aliphatic heterocycles. The number of hydrogen-bond donors (Lipinski definition) is 5. The van der Waals surface area contributed by atoms with E-state index < -0.39 is 0 Å². The van der Waals surface area contributed by atoms with Crippen molar-refractivity contribution >= 4 is 0 Å². The van der Waals surface area contributed by atoms with E-state index in [9.17, 15) is 25.5 Å². The van der Waals surface area contributed by atoms with Crippen molar-refractivity contribution < 1.29 is 25.5 Å². The molecule has 0 amide bonds. The highest BCUT2D eigenvalue weighted by Crippen LogP contribution is 2.35. The van der Waals surface area contributed by atoms with Gasteiger partial charge in [-0.05, 0) is 78.4 Å². The van der Waals surface area contributed by atoms with Crippen LogP contribution in [-0.4, -0.2) is 25.5 Å². The molecule has 0 aliphatic rings. The molecule has 0 spiro atoms. The van der Waals surface area contributed by atoms with Crippen molar-refractivity contribution in [2.45, 2.75) is 33.6 Å². The molecule has 5 heteroatoms. The van der Waals surface area contributed by atoms with Crippen LogP contribution in [-0.2, 0) is 12.8 Å². The molecule has 0 radical (unpaired) electrons. The molecule has 146 valence electrons. The van der Waals surface area contributed by atoms with Crippen molar-refractivity contribution in [1.82, 2.24) is 0 Å². The summed E-state index contributed by atoms with van der Waals surface area (Å²) in [6.07, 6.45) is 0.806. The maximum absolute atomic E-state index is 10.8. The zero-order valence-electron chi connectivity index (χ0n) is 16.1. The molecule has 0 unspecified atom stereocenters. The lowest BCUT2D eigenvalue weighted by atomic mass is 9.92. The Kier molecular flexibility index (Phi) is 5.10. The van der Waals surface area contributed by atoms with Crippen molar-refractivity contribution in [3.63, 3.8) is 0 Å². The summed E-state index contributed by atoms with van der Waals surface area (Å²) in [6.45, 7) is 5.62. The van der Waals surface area contributed by atoms with Crippen LogP contribution in [0.1, 0.15) is 38.9 Å². The number of phenols is 5. The lowest BCUT2D eigenvalue weighted by molar-refractivity contribution is 0.402. The lowest BCUT2D eigenvalue weighted by Gasteiger charge is -2.15. The average Bonchev–Trinajstić information content (AvgIpc) is 2.61. The fourth-order valence-corrected chi connectivity index (χ4v) is 3.44. The summed E-state index contributed by atoms with van der Waals surface area (Å²) in [4.78, 5) is 0. The van der Waals surface area contributed by atoms with E-state index >= 15 is 0 Å². The molecule has 3 aromatic rings. The van der Waals surface area contributed by atoms with E-state index in [1.165, 1.54) is 24.3 Å². The molecule has 0 heterocycles. The quantitative estimate of drug-likeness (QED) is 0.434. The van der Waals surface area contributed by atoms with Gasteiger partial charge in [0.2, 0.25) is 0 Å². The first-order valence-corrected chi connectivity index (χ1v) is 9.00. The molecule has 0 atom stereocenters. The Hall–Kier alpha value is -3.34. The second-order valence-electron chi connectivity index (χ2n) is 7.32. The molecule has 28 heavy (non-hydrogen) atoms. The van der Waals surface area contributed by atoms with E-state index in [0.29, 0.717) is 24.0 Å². The molecular formula is C23H24O5. The van der Waals surface area contributed by atoms with E-state index in [2.05, 4.69) is 0 Å². The Morgan fingerprint density at radius 1 is 0.500 bits per heavy atom. The summed E-state index contributed by atoms with van der Waals surface area (Å²) in [5.41, 5.74) is 5.65. The normalized spacial score (nSPS) is 11.0. The number of benzene rings is 3. The third-order valence-electron chi connectivity index (χ3n) is 5.04. The van der Waals surface area contributed by atoms with Crippen molar-refractivity contribution in [3.05, 3.63) is 75.3 Å².